The Morgan fingerprint density at radius 3 is 2.05 bits per heavy atom. The Balaban J connectivity index is 2.49. The highest BCUT2D eigenvalue weighted by atomic mass is 19.4. The molecule has 0 fully saturated rings. The molecule has 2 aromatic carbocycles. The summed E-state index contributed by atoms with van der Waals surface area (Å²) in [7, 11) is 0. The first-order valence-electron chi connectivity index (χ1n) is 6.39. The van der Waals surface area contributed by atoms with Gasteiger partial charge in [-0.1, -0.05) is 29.3 Å². The van der Waals surface area contributed by atoms with Crippen LogP contribution in [0.2, 0.25) is 0 Å². The van der Waals surface area contributed by atoms with Gasteiger partial charge >= 0.3 is 6.18 Å². The van der Waals surface area contributed by atoms with Gasteiger partial charge in [0.2, 0.25) is 0 Å². The summed E-state index contributed by atoms with van der Waals surface area (Å²) in [5.74, 6) is -0.741. The Hall–Kier alpha value is -1.88. The van der Waals surface area contributed by atoms with Crippen molar-refractivity contribution in [2.75, 3.05) is 0 Å². The number of hydrogen-bond donors (Lipinski definition) is 1. The van der Waals surface area contributed by atoms with Crippen LogP contribution >= 0.6 is 0 Å². The number of halogens is 4. The van der Waals surface area contributed by atoms with E-state index in [-0.39, 0.29) is 5.56 Å². The molecule has 0 bridgehead atoms. The van der Waals surface area contributed by atoms with Crippen LogP contribution < -0.4 is 5.73 Å². The van der Waals surface area contributed by atoms with E-state index in [2.05, 4.69) is 0 Å². The third-order valence-electron chi connectivity index (χ3n) is 3.26. The molecule has 0 aliphatic heterocycles. The first-order chi connectivity index (χ1) is 9.68. The van der Waals surface area contributed by atoms with Gasteiger partial charge < -0.3 is 5.73 Å². The van der Waals surface area contributed by atoms with Crippen LogP contribution in [-0.4, -0.2) is 0 Å². The smallest absolute Gasteiger partial charge is 0.320 e. The van der Waals surface area contributed by atoms with Crippen molar-refractivity contribution < 1.29 is 17.6 Å². The fraction of sp³-hybridized carbons (Fsp3) is 0.250. The van der Waals surface area contributed by atoms with Crippen molar-refractivity contribution in [2.24, 2.45) is 5.73 Å². The van der Waals surface area contributed by atoms with Gasteiger partial charge in [-0.25, -0.2) is 4.39 Å². The first-order valence-corrected chi connectivity index (χ1v) is 6.39. The minimum atomic E-state index is -4.52. The second kappa shape index (κ2) is 5.48. The summed E-state index contributed by atoms with van der Waals surface area (Å²) in [6, 6.07) is 6.77. The molecule has 2 N–H and O–H groups in total. The summed E-state index contributed by atoms with van der Waals surface area (Å²) < 4.78 is 52.0. The molecule has 0 aliphatic rings. The lowest BCUT2D eigenvalue weighted by Gasteiger charge is -2.17. The molecule has 1 nitrogen and oxygen atoms in total. The summed E-state index contributed by atoms with van der Waals surface area (Å²) in [6.07, 6.45) is -4.52. The lowest BCUT2D eigenvalue weighted by atomic mass is 9.95. The van der Waals surface area contributed by atoms with E-state index in [0.717, 1.165) is 23.3 Å². The molecule has 0 heterocycles. The van der Waals surface area contributed by atoms with Gasteiger partial charge in [0, 0.05) is 5.56 Å². The summed E-state index contributed by atoms with van der Waals surface area (Å²) >= 11 is 0. The van der Waals surface area contributed by atoms with Gasteiger partial charge in [0.15, 0.2) is 0 Å². The second-order valence-electron chi connectivity index (χ2n) is 5.13. The second-order valence-corrected chi connectivity index (χ2v) is 5.13. The van der Waals surface area contributed by atoms with Crippen LogP contribution in [0.1, 0.15) is 33.9 Å². The van der Waals surface area contributed by atoms with E-state index in [1.54, 1.807) is 12.1 Å². The summed E-state index contributed by atoms with van der Waals surface area (Å²) in [5, 5.41) is 0. The monoisotopic (exact) mass is 297 g/mol. The van der Waals surface area contributed by atoms with Crippen LogP contribution in [0, 0.1) is 19.7 Å². The SMILES string of the molecule is Cc1cc(C)cc(C(N)c2cc(C(F)(F)F)ccc2F)c1. The minimum absolute atomic E-state index is 0.158. The molecule has 0 aliphatic carbocycles. The Morgan fingerprint density at radius 2 is 1.52 bits per heavy atom. The molecule has 1 atom stereocenters. The summed E-state index contributed by atoms with van der Waals surface area (Å²) in [4.78, 5) is 0. The highest BCUT2D eigenvalue weighted by Crippen LogP contribution is 2.33. The predicted octanol–water partition coefficient (Wildman–Crippen LogP) is 4.51. The van der Waals surface area contributed by atoms with Gasteiger partial charge in [-0.2, -0.15) is 13.2 Å². The molecule has 1 unspecified atom stereocenters. The lowest BCUT2D eigenvalue weighted by Crippen LogP contribution is -2.16. The standard InChI is InChI=1S/C16H15F4N/c1-9-5-10(2)7-11(6-9)15(21)13-8-12(16(18,19)20)3-4-14(13)17/h3-8,15H,21H2,1-2H3. The van der Waals surface area contributed by atoms with Crippen molar-refractivity contribution in [3.63, 3.8) is 0 Å². The molecule has 0 aromatic heterocycles. The Bertz CT molecular complexity index is 642. The molecule has 0 amide bonds. The van der Waals surface area contributed by atoms with Crippen LogP contribution in [0.3, 0.4) is 0 Å². The van der Waals surface area contributed by atoms with Crippen molar-refractivity contribution in [3.8, 4) is 0 Å². The minimum Gasteiger partial charge on any atom is -0.320 e. The normalized spacial score (nSPS) is 13.3. The third kappa shape index (κ3) is 3.42. The summed E-state index contributed by atoms with van der Waals surface area (Å²) in [5.41, 5.74) is 7.33. The zero-order chi connectivity index (χ0) is 15.8. The van der Waals surface area contributed by atoms with Crippen molar-refractivity contribution in [2.45, 2.75) is 26.1 Å². The largest absolute Gasteiger partial charge is 0.416 e. The average molecular weight is 297 g/mol. The molecule has 2 aromatic rings. The van der Waals surface area contributed by atoms with Gasteiger partial charge in [0.1, 0.15) is 5.82 Å². The molecule has 0 radical (unpaired) electrons. The Kier molecular flexibility index (Phi) is 4.05. The van der Waals surface area contributed by atoms with Crippen molar-refractivity contribution >= 4 is 0 Å². The van der Waals surface area contributed by atoms with Gasteiger partial charge in [0.25, 0.3) is 0 Å². The van der Waals surface area contributed by atoms with E-state index >= 15 is 0 Å². The van der Waals surface area contributed by atoms with Gasteiger partial charge in [0.05, 0.1) is 11.6 Å². The number of benzene rings is 2. The molecule has 2 rings (SSSR count). The predicted molar refractivity (Wildman–Crippen MR) is 73.3 cm³/mol. The summed E-state index contributed by atoms with van der Waals surface area (Å²) in [6.45, 7) is 3.71. The zero-order valence-corrected chi connectivity index (χ0v) is 11.6. The van der Waals surface area contributed by atoms with Crippen molar-refractivity contribution in [1.29, 1.82) is 0 Å². The molecule has 5 heteroatoms. The maximum absolute atomic E-state index is 13.8. The van der Waals surface area contributed by atoms with E-state index in [0.29, 0.717) is 11.6 Å². The zero-order valence-electron chi connectivity index (χ0n) is 11.6. The van der Waals surface area contributed by atoms with E-state index < -0.39 is 23.6 Å². The number of hydrogen-bond acceptors (Lipinski definition) is 1. The van der Waals surface area contributed by atoms with Crippen molar-refractivity contribution in [3.05, 3.63) is 70.0 Å². The average Bonchev–Trinajstić information content (AvgIpc) is 2.36. The topological polar surface area (TPSA) is 26.0 Å². The maximum Gasteiger partial charge on any atom is 0.416 e. The quantitative estimate of drug-likeness (QED) is 0.811. The fourth-order valence-electron chi connectivity index (χ4n) is 2.33. The van der Waals surface area contributed by atoms with Crippen molar-refractivity contribution in [1.82, 2.24) is 0 Å². The van der Waals surface area contributed by atoms with Crippen LogP contribution in [0.25, 0.3) is 0 Å². The van der Waals surface area contributed by atoms with Crippen LogP contribution in [-0.2, 0) is 6.18 Å². The van der Waals surface area contributed by atoms with E-state index in [9.17, 15) is 17.6 Å². The van der Waals surface area contributed by atoms with Crippen LogP contribution in [0.4, 0.5) is 17.6 Å². The molecular weight excluding hydrogens is 282 g/mol. The third-order valence-corrected chi connectivity index (χ3v) is 3.26. The number of nitrogens with two attached hydrogens (primary N) is 1. The highest BCUT2D eigenvalue weighted by molar-refractivity contribution is 5.39. The van der Waals surface area contributed by atoms with E-state index in [4.69, 9.17) is 5.73 Å². The van der Waals surface area contributed by atoms with E-state index in [1.165, 1.54) is 0 Å². The molecule has 112 valence electrons. The molecule has 0 spiro atoms. The number of rotatable bonds is 2. The highest BCUT2D eigenvalue weighted by Gasteiger charge is 2.31. The lowest BCUT2D eigenvalue weighted by molar-refractivity contribution is -0.137. The Labute approximate surface area is 120 Å². The maximum atomic E-state index is 13.8. The number of aryl methyl sites for hydroxylation is 2. The molecule has 21 heavy (non-hydrogen) atoms. The van der Waals surface area contributed by atoms with Crippen LogP contribution in [0.5, 0.6) is 0 Å². The van der Waals surface area contributed by atoms with Gasteiger partial charge in [-0.05, 0) is 37.6 Å². The molecule has 0 saturated heterocycles. The fourth-order valence-corrected chi connectivity index (χ4v) is 2.33. The van der Waals surface area contributed by atoms with E-state index in [1.807, 2.05) is 19.9 Å². The molecule has 0 saturated carbocycles. The van der Waals surface area contributed by atoms with Gasteiger partial charge in [-0.3, -0.25) is 0 Å². The van der Waals surface area contributed by atoms with Crippen LogP contribution in [0.15, 0.2) is 36.4 Å². The first kappa shape index (κ1) is 15.5. The molecular formula is C16H15F4N. The number of alkyl halides is 3. The van der Waals surface area contributed by atoms with Gasteiger partial charge in [-0.15, -0.1) is 0 Å². The Morgan fingerprint density at radius 1 is 0.952 bits per heavy atom.